The maximum absolute atomic E-state index is 12.2. The highest BCUT2D eigenvalue weighted by Crippen LogP contribution is 2.23. The number of nitrogens with zero attached hydrogens (tertiary/aromatic N) is 1. The van der Waals surface area contributed by atoms with Crippen molar-refractivity contribution in [3.63, 3.8) is 0 Å². The van der Waals surface area contributed by atoms with Gasteiger partial charge in [0.1, 0.15) is 5.75 Å². The van der Waals surface area contributed by atoms with Crippen molar-refractivity contribution < 1.29 is 19.1 Å². The normalized spacial score (nSPS) is 10.6. The van der Waals surface area contributed by atoms with Crippen LogP contribution in [0, 0.1) is 6.92 Å². The summed E-state index contributed by atoms with van der Waals surface area (Å²) in [6, 6.07) is 18.0. The topological polar surface area (TPSA) is 96.9 Å². The molecule has 3 rings (SSSR count). The Labute approximate surface area is 200 Å². The van der Waals surface area contributed by atoms with Gasteiger partial charge in [0, 0.05) is 10.6 Å². The van der Waals surface area contributed by atoms with Crippen molar-refractivity contribution in [1.29, 1.82) is 0 Å². The van der Waals surface area contributed by atoms with Crippen molar-refractivity contribution in [3.05, 3.63) is 99.0 Å². The summed E-state index contributed by atoms with van der Waals surface area (Å²) in [5, 5.41) is 6.99. The molecule has 0 spiro atoms. The van der Waals surface area contributed by atoms with E-state index in [-0.39, 0.29) is 23.0 Å². The van der Waals surface area contributed by atoms with E-state index in [1.807, 2.05) is 19.1 Å². The number of esters is 1. The molecule has 0 saturated carbocycles. The van der Waals surface area contributed by atoms with E-state index in [0.29, 0.717) is 21.9 Å². The fourth-order valence-corrected chi connectivity index (χ4v) is 3.11. The first-order valence-corrected chi connectivity index (χ1v) is 10.5. The molecule has 2 amide bonds. The third kappa shape index (κ3) is 7.17. The molecule has 0 aliphatic carbocycles. The Morgan fingerprint density at radius 3 is 2.33 bits per heavy atom. The van der Waals surface area contributed by atoms with E-state index in [9.17, 15) is 14.4 Å². The molecule has 0 atom stereocenters. The van der Waals surface area contributed by atoms with Crippen LogP contribution in [0.3, 0.4) is 0 Å². The highest BCUT2D eigenvalue weighted by molar-refractivity contribution is 6.36. The molecule has 33 heavy (non-hydrogen) atoms. The first-order valence-electron chi connectivity index (χ1n) is 9.76. The number of amides is 2. The van der Waals surface area contributed by atoms with Crippen LogP contribution in [-0.2, 0) is 4.79 Å². The molecule has 0 aromatic heterocycles. The zero-order valence-electron chi connectivity index (χ0n) is 17.5. The Kier molecular flexibility index (Phi) is 8.18. The summed E-state index contributed by atoms with van der Waals surface area (Å²) in [5.74, 6) is -1.12. The fraction of sp³-hybridized carbons (Fsp3) is 0.0833. The van der Waals surface area contributed by atoms with Gasteiger partial charge in [0.05, 0.1) is 23.3 Å². The molecule has 168 valence electrons. The molecule has 0 fully saturated rings. The summed E-state index contributed by atoms with van der Waals surface area (Å²) < 4.78 is 5.30. The lowest BCUT2D eigenvalue weighted by Crippen LogP contribution is -2.34. The van der Waals surface area contributed by atoms with Gasteiger partial charge in [-0.3, -0.25) is 9.59 Å². The Balaban J connectivity index is 1.46. The number of nitrogens with one attached hydrogen (secondary N) is 2. The van der Waals surface area contributed by atoms with E-state index < -0.39 is 11.9 Å². The predicted octanol–water partition coefficient (Wildman–Crippen LogP) is 4.40. The predicted molar refractivity (Wildman–Crippen MR) is 127 cm³/mol. The maximum Gasteiger partial charge on any atom is 0.345 e. The van der Waals surface area contributed by atoms with Gasteiger partial charge < -0.3 is 10.1 Å². The van der Waals surface area contributed by atoms with Crippen LogP contribution < -0.4 is 15.5 Å². The molecule has 9 heteroatoms. The van der Waals surface area contributed by atoms with Crippen molar-refractivity contribution in [2.24, 2.45) is 5.10 Å². The average Bonchev–Trinajstić information content (AvgIpc) is 2.79. The highest BCUT2D eigenvalue weighted by Gasteiger charge is 2.13. The molecular weight excluding hydrogens is 465 g/mol. The van der Waals surface area contributed by atoms with Crippen LogP contribution in [0.4, 0.5) is 0 Å². The van der Waals surface area contributed by atoms with Crippen LogP contribution >= 0.6 is 23.2 Å². The van der Waals surface area contributed by atoms with Gasteiger partial charge in [0.15, 0.2) is 0 Å². The third-order valence-corrected chi connectivity index (χ3v) is 4.92. The van der Waals surface area contributed by atoms with Gasteiger partial charge >= 0.3 is 5.97 Å². The molecule has 0 unspecified atom stereocenters. The molecule has 2 N–H and O–H groups in total. The molecule has 3 aromatic carbocycles. The van der Waals surface area contributed by atoms with Crippen LogP contribution in [0.2, 0.25) is 10.0 Å². The smallest absolute Gasteiger partial charge is 0.345 e. The van der Waals surface area contributed by atoms with Gasteiger partial charge in [-0.2, -0.15) is 5.10 Å². The van der Waals surface area contributed by atoms with E-state index in [2.05, 4.69) is 15.8 Å². The van der Waals surface area contributed by atoms with Crippen molar-refractivity contribution >= 4 is 47.2 Å². The summed E-state index contributed by atoms with van der Waals surface area (Å²) in [5.41, 5.74) is 4.69. The highest BCUT2D eigenvalue weighted by atomic mass is 35.5. The van der Waals surface area contributed by atoms with Gasteiger partial charge in [-0.15, -0.1) is 0 Å². The Hall–Kier alpha value is -3.68. The summed E-state index contributed by atoms with van der Waals surface area (Å²) in [4.78, 5) is 36.1. The SMILES string of the molecule is Cc1ccc(C(=O)NCC(=O)N/N=C\c2ccc(OC(=O)c3ccc(Cl)cc3Cl)cc2)cc1. The van der Waals surface area contributed by atoms with Gasteiger partial charge in [0.25, 0.3) is 11.8 Å². The zero-order valence-corrected chi connectivity index (χ0v) is 19.0. The lowest BCUT2D eigenvalue weighted by molar-refractivity contribution is -0.120. The number of carbonyl (C=O) groups excluding carboxylic acids is 3. The second kappa shape index (κ2) is 11.3. The van der Waals surface area contributed by atoms with Crippen molar-refractivity contribution in [1.82, 2.24) is 10.7 Å². The molecule has 0 heterocycles. The number of halogens is 2. The molecular formula is C24H19Cl2N3O4. The zero-order chi connectivity index (χ0) is 23.8. The standard InChI is InChI=1S/C24H19Cl2N3O4/c1-15-2-6-17(7-3-15)23(31)27-14-22(30)29-28-13-16-4-9-19(10-5-16)33-24(32)20-11-8-18(25)12-21(20)26/h2-13H,14H2,1H3,(H,27,31)(H,29,30)/b28-13-. The van der Waals surface area contributed by atoms with Crippen LogP contribution in [0.25, 0.3) is 0 Å². The number of hydrazone groups is 1. The van der Waals surface area contributed by atoms with E-state index >= 15 is 0 Å². The van der Waals surface area contributed by atoms with Gasteiger partial charge in [-0.1, -0.05) is 40.9 Å². The van der Waals surface area contributed by atoms with Crippen LogP contribution in [0.15, 0.2) is 71.8 Å². The number of aryl methyl sites for hydroxylation is 1. The van der Waals surface area contributed by atoms with E-state index in [0.717, 1.165) is 5.56 Å². The van der Waals surface area contributed by atoms with Crippen LogP contribution in [0.1, 0.15) is 31.8 Å². The van der Waals surface area contributed by atoms with Crippen LogP contribution in [-0.4, -0.2) is 30.5 Å². The number of hydrogen-bond acceptors (Lipinski definition) is 5. The van der Waals surface area contributed by atoms with Gasteiger partial charge in [-0.05, 0) is 67.1 Å². The largest absolute Gasteiger partial charge is 0.423 e. The molecule has 3 aromatic rings. The summed E-state index contributed by atoms with van der Waals surface area (Å²) in [6.07, 6.45) is 1.42. The quantitative estimate of drug-likeness (QED) is 0.225. The Morgan fingerprint density at radius 2 is 1.67 bits per heavy atom. The second-order valence-electron chi connectivity index (χ2n) is 6.92. The lowest BCUT2D eigenvalue weighted by atomic mass is 10.1. The number of benzene rings is 3. The van der Waals surface area contributed by atoms with Crippen molar-refractivity contribution in [2.75, 3.05) is 6.54 Å². The molecule has 7 nitrogen and oxygen atoms in total. The third-order valence-electron chi connectivity index (χ3n) is 4.37. The Bertz CT molecular complexity index is 1190. The first kappa shape index (κ1) is 24.0. The van der Waals surface area contributed by atoms with Crippen molar-refractivity contribution in [2.45, 2.75) is 6.92 Å². The number of hydrogen-bond donors (Lipinski definition) is 2. The summed E-state index contributed by atoms with van der Waals surface area (Å²) in [7, 11) is 0. The van der Waals surface area contributed by atoms with Crippen LogP contribution in [0.5, 0.6) is 5.75 Å². The van der Waals surface area contributed by atoms with Gasteiger partial charge in [-0.25, -0.2) is 10.2 Å². The minimum atomic E-state index is -0.613. The minimum absolute atomic E-state index is 0.196. The average molecular weight is 484 g/mol. The maximum atomic E-state index is 12.2. The van der Waals surface area contributed by atoms with E-state index in [1.54, 1.807) is 42.5 Å². The Morgan fingerprint density at radius 1 is 0.970 bits per heavy atom. The monoisotopic (exact) mass is 483 g/mol. The molecule has 0 aliphatic heterocycles. The number of carbonyl (C=O) groups is 3. The number of ether oxygens (including phenoxy) is 1. The number of rotatable bonds is 7. The van der Waals surface area contributed by atoms with Crippen molar-refractivity contribution in [3.8, 4) is 5.75 Å². The first-order chi connectivity index (χ1) is 15.8. The molecule has 0 aliphatic rings. The van der Waals surface area contributed by atoms with E-state index in [1.165, 1.54) is 18.3 Å². The summed E-state index contributed by atoms with van der Waals surface area (Å²) >= 11 is 11.8. The molecule has 0 saturated heterocycles. The molecule has 0 radical (unpaired) electrons. The summed E-state index contributed by atoms with van der Waals surface area (Å²) in [6.45, 7) is 1.71. The van der Waals surface area contributed by atoms with E-state index in [4.69, 9.17) is 27.9 Å². The van der Waals surface area contributed by atoms with Gasteiger partial charge in [0.2, 0.25) is 0 Å². The fourth-order valence-electron chi connectivity index (χ4n) is 2.62. The molecule has 0 bridgehead atoms. The minimum Gasteiger partial charge on any atom is -0.423 e. The lowest BCUT2D eigenvalue weighted by Gasteiger charge is -2.06. The second-order valence-corrected chi connectivity index (χ2v) is 7.77.